The Hall–Kier alpha value is -3.87. The third-order valence-corrected chi connectivity index (χ3v) is 6.62. The van der Waals surface area contributed by atoms with Gasteiger partial charge in [0.1, 0.15) is 22.6 Å². The van der Waals surface area contributed by atoms with Crippen molar-refractivity contribution in [3.63, 3.8) is 0 Å². The molecule has 180 valence electrons. The van der Waals surface area contributed by atoms with Gasteiger partial charge in [0.15, 0.2) is 0 Å². The zero-order valence-corrected chi connectivity index (χ0v) is 21.1. The molecule has 0 atom stereocenters. The zero-order valence-electron chi connectivity index (χ0n) is 19.6. The Morgan fingerprint density at radius 2 is 1.78 bits per heavy atom. The number of hydrogen-bond acceptors (Lipinski definition) is 4. The lowest BCUT2D eigenvalue weighted by atomic mass is 10.1. The number of hydrogen-bond donors (Lipinski definition) is 1. The van der Waals surface area contributed by atoms with E-state index in [2.05, 4.69) is 34.6 Å². The number of furan rings is 1. The fraction of sp³-hybridized carbons (Fsp3) is 0.107. The maximum Gasteiger partial charge on any atom is 0.248 e. The molecule has 0 saturated carbocycles. The molecule has 36 heavy (non-hydrogen) atoms. The summed E-state index contributed by atoms with van der Waals surface area (Å²) in [6.45, 7) is 4.04. The number of rotatable bonds is 6. The van der Waals surface area contributed by atoms with E-state index in [4.69, 9.17) is 27.6 Å². The van der Waals surface area contributed by atoms with E-state index < -0.39 is 0 Å². The molecule has 8 heteroatoms. The van der Waals surface area contributed by atoms with Crippen molar-refractivity contribution in [3.8, 4) is 17.0 Å². The molecule has 1 amide bonds. The highest BCUT2D eigenvalue weighted by molar-refractivity contribution is 6.43. The van der Waals surface area contributed by atoms with E-state index in [0.717, 1.165) is 23.2 Å². The van der Waals surface area contributed by atoms with Gasteiger partial charge in [-0.05, 0) is 79.1 Å². The number of amides is 1. The second kappa shape index (κ2) is 10.0. The van der Waals surface area contributed by atoms with Crippen molar-refractivity contribution in [2.45, 2.75) is 20.3 Å². The summed E-state index contributed by atoms with van der Waals surface area (Å²) in [6, 6.07) is 20.7. The average molecular weight is 517 g/mol. The fourth-order valence-electron chi connectivity index (χ4n) is 3.80. The molecule has 6 nitrogen and oxygen atoms in total. The van der Waals surface area contributed by atoms with Crippen molar-refractivity contribution in [2.24, 2.45) is 0 Å². The number of anilines is 1. The summed E-state index contributed by atoms with van der Waals surface area (Å²) in [4.78, 5) is 14.2. The van der Waals surface area contributed by atoms with Crippen molar-refractivity contribution in [3.05, 3.63) is 99.7 Å². The summed E-state index contributed by atoms with van der Waals surface area (Å²) < 4.78 is 5.82. The molecule has 2 aromatic heterocycles. The van der Waals surface area contributed by atoms with Crippen LogP contribution in [0.4, 0.5) is 5.69 Å². The molecule has 0 fully saturated rings. The first kappa shape index (κ1) is 23.9. The van der Waals surface area contributed by atoms with Gasteiger partial charge in [-0.15, -0.1) is 10.2 Å². The molecule has 0 unspecified atom stereocenters. The van der Waals surface area contributed by atoms with Gasteiger partial charge in [0.2, 0.25) is 5.91 Å². The molecule has 0 bridgehead atoms. The number of halogens is 2. The standard InChI is InChI=1S/C28H22Cl2N4O2/c1-3-18-7-9-19(10-8-18)34-32-24-15-17(2)23(16-25(24)33-34)31-27(35)14-12-20-11-13-26(36-20)21-5-4-6-22(29)28(21)30/h4-16H,3H2,1-2H3,(H,31,35). The lowest BCUT2D eigenvalue weighted by molar-refractivity contribution is -0.111. The van der Waals surface area contributed by atoms with E-state index in [0.29, 0.717) is 38.3 Å². The number of fused-ring (bicyclic) bond motifs is 1. The zero-order chi connectivity index (χ0) is 25.2. The number of carbonyl (C=O) groups is 1. The summed E-state index contributed by atoms with van der Waals surface area (Å²) in [5.74, 6) is 0.787. The van der Waals surface area contributed by atoms with Gasteiger partial charge in [0.05, 0.1) is 15.7 Å². The molecule has 2 heterocycles. The molecule has 0 aliphatic rings. The number of aromatic nitrogens is 3. The third-order valence-electron chi connectivity index (χ3n) is 5.80. The van der Waals surface area contributed by atoms with Crippen LogP contribution in [0.25, 0.3) is 34.1 Å². The lowest BCUT2D eigenvalue weighted by Crippen LogP contribution is -2.08. The van der Waals surface area contributed by atoms with E-state index in [1.54, 1.807) is 35.1 Å². The summed E-state index contributed by atoms with van der Waals surface area (Å²) >= 11 is 12.4. The van der Waals surface area contributed by atoms with Crippen LogP contribution in [0.2, 0.25) is 10.0 Å². The number of nitrogens with zero attached hydrogens (tertiary/aromatic N) is 3. The maximum absolute atomic E-state index is 12.6. The number of benzene rings is 3. The van der Waals surface area contributed by atoms with Gasteiger partial charge in [0.25, 0.3) is 0 Å². The van der Waals surface area contributed by atoms with Crippen LogP contribution >= 0.6 is 23.2 Å². The van der Waals surface area contributed by atoms with Gasteiger partial charge >= 0.3 is 0 Å². The topological polar surface area (TPSA) is 73.0 Å². The van der Waals surface area contributed by atoms with Gasteiger partial charge in [-0.25, -0.2) is 0 Å². The average Bonchev–Trinajstić information content (AvgIpc) is 3.52. The first-order valence-corrected chi connectivity index (χ1v) is 12.2. The van der Waals surface area contributed by atoms with E-state index in [-0.39, 0.29) is 5.91 Å². The largest absolute Gasteiger partial charge is 0.457 e. The van der Waals surface area contributed by atoms with Crippen molar-refractivity contribution in [1.29, 1.82) is 0 Å². The molecule has 5 rings (SSSR count). The smallest absolute Gasteiger partial charge is 0.248 e. The normalized spacial score (nSPS) is 11.4. The van der Waals surface area contributed by atoms with Crippen LogP contribution in [0, 0.1) is 6.92 Å². The monoisotopic (exact) mass is 516 g/mol. The van der Waals surface area contributed by atoms with Crippen molar-refractivity contribution < 1.29 is 9.21 Å². The van der Waals surface area contributed by atoms with Gasteiger partial charge in [-0.3, -0.25) is 4.79 Å². The molecule has 0 aliphatic carbocycles. The highest BCUT2D eigenvalue weighted by atomic mass is 35.5. The molecule has 0 spiro atoms. The molecule has 5 aromatic rings. The van der Waals surface area contributed by atoms with Gasteiger partial charge in [0, 0.05) is 17.3 Å². The minimum Gasteiger partial charge on any atom is -0.457 e. The van der Waals surface area contributed by atoms with Crippen LogP contribution in [0.3, 0.4) is 0 Å². The van der Waals surface area contributed by atoms with Crippen molar-refractivity contribution in [2.75, 3.05) is 5.32 Å². The first-order valence-electron chi connectivity index (χ1n) is 11.4. The van der Waals surface area contributed by atoms with E-state index in [1.807, 2.05) is 37.3 Å². The predicted molar refractivity (Wildman–Crippen MR) is 145 cm³/mol. The molecule has 0 saturated heterocycles. The molecular formula is C28H22Cl2N4O2. The predicted octanol–water partition coefficient (Wildman–Crippen LogP) is 7.51. The second-order valence-electron chi connectivity index (χ2n) is 8.29. The molecule has 1 N–H and O–H groups in total. The van der Waals surface area contributed by atoms with Crippen molar-refractivity contribution >= 4 is 51.9 Å². The molecule has 0 radical (unpaired) electrons. The van der Waals surface area contributed by atoms with E-state index >= 15 is 0 Å². The third kappa shape index (κ3) is 4.91. The number of nitrogens with one attached hydrogen (secondary N) is 1. The number of aryl methyl sites for hydroxylation is 2. The van der Waals surface area contributed by atoms with Crippen LogP contribution in [-0.2, 0) is 11.2 Å². The van der Waals surface area contributed by atoms with Crippen LogP contribution < -0.4 is 5.32 Å². The SMILES string of the molecule is CCc1ccc(-n2nc3cc(C)c(NC(=O)C=Cc4ccc(-c5cccc(Cl)c5Cl)o4)cc3n2)cc1. The van der Waals surface area contributed by atoms with Crippen LogP contribution in [0.5, 0.6) is 0 Å². The first-order chi connectivity index (χ1) is 17.4. The summed E-state index contributed by atoms with van der Waals surface area (Å²) in [5.41, 5.74) is 5.81. The Bertz CT molecular complexity index is 1600. The quantitative estimate of drug-likeness (QED) is 0.237. The minimum absolute atomic E-state index is 0.293. The van der Waals surface area contributed by atoms with Crippen LogP contribution in [-0.4, -0.2) is 20.9 Å². The number of carbonyl (C=O) groups excluding carboxylic acids is 1. The molecular weight excluding hydrogens is 495 g/mol. The Morgan fingerprint density at radius 3 is 2.53 bits per heavy atom. The van der Waals surface area contributed by atoms with Crippen LogP contribution in [0.1, 0.15) is 23.8 Å². The highest BCUT2D eigenvalue weighted by Crippen LogP contribution is 2.34. The fourth-order valence-corrected chi connectivity index (χ4v) is 4.19. The second-order valence-corrected chi connectivity index (χ2v) is 9.08. The Morgan fingerprint density at radius 1 is 1.03 bits per heavy atom. The lowest BCUT2D eigenvalue weighted by Gasteiger charge is -2.05. The van der Waals surface area contributed by atoms with Crippen LogP contribution in [0.15, 0.2) is 77.2 Å². The molecule has 3 aromatic carbocycles. The summed E-state index contributed by atoms with van der Waals surface area (Å²) in [7, 11) is 0. The van der Waals surface area contributed by atoms with E-state index in [9.17, 15) is 4.79 Å². The highest BCUT2D eigenvalue weighted by Gasteiger charge is 2.12. The Balaban J connectivity index is 1.31. The van der Waals surface area contributed by atoms with Crippen molar-refractivity contribution in [1.82, 2.24) is 15.0 Å². The van der Waals surface area contributed by atoms with Gasteiger partial charge in [-0.2, -0.15) is 4.80 Å². The van der Waals surface area contributed by atoms with E-state index in [1.165, 1.54) is 11.6 Å². The Kier molecular flexibility index (Phi) is 6.63. The maximum atomic E-state index is 12.6. The summed E-state index contributed by atoms with van der Waals surface area (Å²) in [5, 5.41) is 12.9. The van der Waals surface area contributed by atoms with Gasteiger partial charge in [-0.1, -0.05) is 48.3 Å². The minimum atomic E-state index is -0.293. The summed E-state index contributed by atoms with van der Waals surface area (Å²) in [6.07, 6.45) is 3.99. The molecule has 0 aliphatic heterocycles. The Labute approximate surface area is 218 Å². The van der Waals surface area contributed by atoms with Gasteiger partial charge < -0.3 is 9.73 Å².